The Bertz CT molecular complexity index is 3430. The maximum atomic E-state index is 7.06. The number of hydrogen-bond donors (Lipinski definition) is 0. The molecular formula is C54H33BN2O2. The number of ether oxygens (including phenoxy) is 1. The molecule has 0 saturated heterocycles. The number of para-hydroxylation sites is 5. The third-order valence-corrected chi connectivity index (χ3v) is 12.4. The highest BCUT2D eigenvalue weighted by molar-refractivity contribution is 6.84. The van der Waals surface area contributed by atoms with Gasteiger partial charge in [-0.25, -0.2) is 0 Å². The van der Waals surface area contributed by atoms with Gasteiger partial charge in [-0.05, 0) is 89.0 Å². The number of aromatic nitrogens is 2. The Kier molecular flexibility index (Phi) is 6.78. The van der Waals surface area contributed by atoms with Gasteiger partial charge in [0.25, 0.3) is 0 Å². The summed E-state index contributed by atoms with van der Waals surface area (Å²) in [6, 6.07) is 71.8. The lowest BCUT2D eigenvalue weighted by Gasteiger charge is -2.33. The van der Waals surface area contributed by atoms with Crippen molar-refractivity contribution in [3.05, 3.63) is 200 Å². The van der Waals surface area contributed by atoms with Crippen LogP contribution in [0.25, 0.3) is 88.4 Å². The third-order valence-electron chi connectivity index (χ3n) is 12.4. The average molecular weight is 753 g/mol. The average Bonchev–Trinajstić information content (AvgIpc) is 3.82. The summed E-state index contributed by atoms with van der Waals surface area (Å²) in [5.41, 5.74) is 15.9. The van der Waals surface area contributed by atoms with Crippen LogP contribution in [0.5, 0.6) is 17.2 Å². The van der Waals surface area contributed by atoms with Gasteiger partial charge in [0.05, 0.1) is 27.8 Å². The lowest BCUT2D eigenvalue weighted by molar-refractivity contribution is 0.479. The second kappa shape index (κ2) is 12.4. The molecule has 0 amide bonds. The van der Waals surface area contributed by atoms with E-state index < -0.39 is 0 Å². The molecule has 0 aliphatic carbocycles. The largest absolute Gasteiger partial charge is 0.551 e. The molecular weight excluding hydrogens is 719 g/mol. The molecule has 274 valence electrons. The number of rotatable bonds is 4. The second-order valence-corrected chi connectivity index (χ2v) is 15.6. The van der Waals surface area contributed by atoms with E-state index in [-0.39, 0.29) is 6.92 Å². The molecule has 0 spiro atoms. The van der Waals surface area contributed by atoms with Crippen molar-refractivity contribution in [3.63, 3.8) is 0 Å². The fraction of sp³-hybridized carbons (Fsp3) is 0. The minimum atomic E-state index is -0.311. The molecule has 2 aliphatic rings. The van der Waals surface area contributed by atoms with Crippen LogP contribution in [-0.4, -0.2) is 16.0 Å². The molecule has 4 heterocycles. The van der Waals surface area contributed by atoms with E-state index in [0.717, 1.165) is 72.9 Å². The highest BCUT2D eigenvalue weighted by Crippen LogP contribution is 2.43. The van der Waals surface area contributed by atoms with Gasteiger partial charge in [0.1, 0.15) is 17.2 Å². The first kappa shape index (κ1) is 32.3. The summed E-state index contributed by atoms with van der Waals surface area (Å²) in [6.07, 6.45) is 0. The summed E-state index contributed by atoms with van der Waals surface area (Å²) >= 11 is 0. The number of benzene rings is 9. The van der Waals surface area contributed by atoms with Gasteiger partial charge in [0, 0.05) is 49.3 Å². The molecule has 0 radical (unpaired) electrons. The van der Waals surface area contributed by atoms with Crippen molar-refractivity contribution in [3.8, 4) is 62.0 Å². The molecule has 0 atom stereocenters. The highest BCUT2D eigenvalue weighted by atomic mass is 16.5. The van der Waals surface area contributed by atoms with Gasteiger partial charge in [-0.1, -0.05) is 133 Å². The topological polar surface area (TPSA) is 28.3 Å². The predicted octanol–water partition coefficient (Wildman–Crippen LogP) is 12.5. The van der Waals surface area contributed by atoms with Crippen LogP contribution in [0.2, 0.25) is 0 Å². The van der Waals surface area contributed by atoms with E-state index >= 15 is 0 Å². The fourth-order valence-electron chi connectivity index (χ4n) is 9.82. The first-order valence-electron chi connectivity index (χ1n) is 20.2. The van der Waals surface area contributed by atoms with E-state index in [4.69, 9.17) is 9.39 Å². The van der Waals surface area contributed by atoms with Crippen molar-refractivity contribution in [2.45, 2.75) is 0 Å². The van der Waals surface area contributed by atoms with E-state index in [1.807, 2.05) is 0 Å². The van der Waals surface area contributed by atoms with E-state index in [9.17, 15) is 0 Å². The van der Waals surface area contributed by atoms with E-state index in [2.05, 4.69) is 209 Å². The lowest BCUT2D eigenvalue weighted by atomic mass is 9.50. The second-order valence-electron chi connectivity index (χ2n) is 15.6. The quantitative estimate of drug-likeness (QED) is 0.168. The smallest absolute Gasteiger partial charge is 0.434 e. The molecule has 9 aromatic carbocycles. The molecule has 0 fully saturated rings. The summed E-state index contributed by atoms with van der Waals surface area (Å²) in [5.74, 6) is 2.52. The number of hydrogen-bond acceptors (Lipinski definition) is 2. The summed E-state index contributed by atoms with van der Waals surface area (Å²) in [6.45, 7) is -0.311. The third kappa shape index (κ3) is 4.73. The van der Waals surface area contributed by atoms with Gasteiger partial charge in [-0.3, -0.25) is 0 Å². The van der Waals surface area contributed by atoms with Crippen LogP contribution in [0.1, 0.15) is 0 Å². The lowest BCUT2D eigenvalue weighted by Crippen LogP contribution is -2.53. The first-order valence-corrected chi connectivity index (χ1v) is 20.2. The Hall–Kier alpha value is -7.76. The molecule has 59 heavy (non-hydrogen) atoms. The molecule has 0 N–H and O–H groups in total. The summed E-state index contributed by atoms with van der Waals surface area (Å²) in [5, 5.41) is 5.00. The molecule has 11 aromatic rings. The fourth-order valence-corrected chi connectivity index (χ4v) is 9.82. The molecule has 0 bridgehead atoms. The monoisotopic (exact) mass is 752 g/mol. The van der Waals surface area contributed by atoms with Crippen molar-refractivity contribution in [2.75, 3.05) is 0 Å². The Labute approximate surface area is 340 Å². The Morgan fingerprint density at radius 3 is 1.63 bits per heavy atom. The minimum absolute atomic E-state index is 0.311. The van der Waals surface area contributed by atoms with E-state index in [1.54, 1.807) is 0 Å². The maximum Gasteiger partial charge on any atom is 0.434 e. The predicted molar refractivity (Wildman–Crippen MR) is 244 cm³/mol. The van der Waals surface area contributed by atoms with Gasteiger partial charge in [-0.15, -0.1) is 0 Å². The van der Waals surface area contributed by atoms with Gasteiger partial charge in [0.15, 0.2) is 0 Å². The minimum Gasteiger partial charge on any atom is -0.551 e. The van der Waals surface area contributed by atoms with E-state index in [1.165, 1.54) is 43.6 Å². The van der Waals surface area contributed by atoms with Crippen molar-refractivity contribution in [1.82, 2.24) is 9.13 Å². The van der Waals surface area contributed by atoms with Gasteiger partial charge < -0.3 is 18.5 Å². The zero-order valence-electron chi connectivity index (χ0n) is 31.8. The van der Waals surface area contributed by atoms with E-state index in [0.29, 0.717) is 0 Å². The van der Waals surface area contributed by atoms with Crippen LogP contribution in [0.3, 0.4) is 0 Å². The van der Waals surface area contributed by atoms with Crippen LogP contribution < -0.4 is 20.3 Å². The van der Waals surface area contributed by atoms with Crippen molar-refractivity contribution >= 4 is 61.5 Å². The number of nitrogens with zero attached hydrogens (tertiary/aromatic N) is 2. The van der Waals surface area contributed by atoms with Crippen molar-refractivity contribution in [1.29, 1.82) is 0 Å². The molecule has 2 aromatic heterocycles. The van der Waals surface area contributed by atoms with Gasteiger partial charge >= 0.3 is 6.92 Å². The molecule has 13 rings (SSSR count). The molecule has 0 saturated carbocycles. The van der Waals surface area contributed by atoms with Crippen LogP contribution in [0.15, 0.2) is 200 Å². The van der Waals surface area contributed by atoms with Crippen molar-refractivity contribution in [2.24, 2.45) is 0 Å². The zero-order chi connectivity index (χ0) is 38.6. The van der Waals surface area contributed by atoms with Crippen LogP contribution in [0, 0.1) is 0 Å². The van der Waals surface area contributed by atoms with Crippen LogP contribution >= 0.6 is 0 Å². The first-order chi connectivity index (χ1) is 29.3. The Morgan fingerprint density at radius 1 is 0.356 bits per heavy atom. The molecule has 5 heteroatoms. The Morgan fingerprint density at radius 2 is 0.915 bits per heavy atom. The zero-order valence-corrected chi connectivity index (χ0v) is 31.8. The summed E-state index contributed by atoms with van der Waals surface area (Å²) in [4.78, 5) is 0. The summed E-state index contributed by atoms with van der Waals surface area (Å²) in [7, 11) is 0. The highest BCUT2D eigenvalue weighted by Gasteiger charge is 2.41. The van der Waals surface area contributed by atoms with Crippen LogP contribution in [0.4, 0.5) is 0 Å². The Balaban J connectivity index is 0.908. The molecule has 4 nitrogen and oxygen atoms in total. The van der Waals surface area contributed by atoms with Crippen LogP contribution in [-0.2, 0) is 0 Å². The maximum absolute atomic E-state index is 7.06. The SMILES string of the molecule is c1cc(-c2ccc3c(c2)B2Oc4ccc(-c5ccccc5-n5c6ccccc6c6ccccc65)cc4-c4cccc(c42)O3)cc(-n2c3ccccc3c3ccccc32)c1. The van der Waals surface area contributed by atoms with Gasteiger partial charge in [0.2, 0.25) is 0 Å². The summed E-state index contributed by atoms with van der Waals surface area (Å²) < 4.78 is 18.5. The van der Waals surface area contributed by atoms with Gasteiger partial charge in [-0.2, -0.15) is 0 Å². The molecule has 0 unspecified atom stereocenters. The number of fused-ring (bicyclic) bond motifs is 10. The molecule has 2 aliphatic heterocycles. The van der Waals surface area contributed by atoms with Crippen molar-refractivity contribution < 1.29 is 9.39 Å². The standard InChI is InChI=1S/C54H33BN2O2/c1-6-21-46(57-49-24-9-4-18-41(49)42-19-5-10-25-50(42)57)38(15-1)36-28-29-51-44(32-36)43-20-12-26-53-54(43)55(59-51)45-33-35(27-30-52(45)58-53)34-13-11-14-37(31-34)56-47-22-7-2-16-39(47)40-17-3-8-23-48(40)56/h1-33H. The normalized spacial score (nSPS) is 12.6.